The number of aromatic nitrogens is 2. The Labute approximate surface area is 186 Å². The summed E-state index contributed by atoms with van der Waals surface area (Å²) in [7, 11) is 0. The fourth-order valence-corrected chi connectivity index (χ4v) is 6.00. The summed E-state index contributed by atoms with van der Waals surface area (Å²) in [4.78, 5) is 22.9. The molecule has 3 aromatic rings. The standard InChI is InChI=1S/C25H23ClN2OS/c1-16-21(10-13-27-24(16)26)30-22-7-6-19(15-28-22)17-8-11-25(12-9-17)14-18-4-2-3-5-20(18)23(25)29/h2-7,10,13,15,17H,8-9,11-12,14H2,1H3. The Hall–Kier alpha value is -2.17. The first-order valence-corrected chi connectivity index (χ1v) is 11.6. The molecule has 0 saturated heterocycles. The molecular weight excluding hydrogens is 412 g/mol. The van der Waals surface area contributed by atoms with Gasteiger partial charge in [0.1, 0.15) is 10.2 Å². The van der Waals surface area contributed by atoms with Gasteiger partial charge in [-0.05, 0) is 68.2 Å². The number of fused-ring (bicyclic) bond motifs is 1. The molecule has 1 aromatic carbocycles. The minimum Gasteiger partial charge on any atom is -0.294 e. The highest BCUT2D eigenvalue weighted by atomic mass is 35.5. The third-order valence-corrected chi connectivity index (χ3v) is 8.25. The summed E-state index contributed by atoms with van der Waals surface area (Å²) in [6, 6.07) is 14.4. The third kappa shape index (κ3) is 3.46. The molecule has 1 spiro atoms. The van der Waals surface area contributed by atoms with Crippen LogP contribution >= 0.6 is 23.4 Å². The molecule has 0 bridgehead atoms. The van der Waals surface area contributed by atoms with Crippen LogP contribution in [0.4, 0.5) is 0 Å². The molecule has 2 aliphatic rings. The Balaban J connectivity index is 1.26. The molecule has 0 aliphatic heterocycles. The largest absolute Gasteiger partial charge is 0.294 e. The zero-order valence-electron chi connectivity index (χ0n) is 16.9. The van der Waals surface area contributed by atoms with Crippen molar-refractivity contribution in [1.29, 1.82) is 0 Å². The topological polar surface area (TPSA) is 42.9 Å². The number of Topliss-reactive ketones (excluding diaryl/α,β-unsaturated/α-hetero) is 1. The first-order chi connectivity index (χ1) is 14.6. The molecule has 0 unspecified atom stereocenters. The second kappa shape index (κ2) is 7.82. The van der Waals surface area contributed by atoms with E-state index in [-0.39, 0.29) is 5.41 Å². The van der Waals surface area contributed by atoms with Crippen LogP contribution in [0.15, 0.2) is 64.8 Å². The summed E-state index contributed by atoms with van der Waals surface area (Å²) in [5.74, 6) is 0.851. The molecule has 2 aromatic heterocycles. The van der Waals surface area contributed by atoms with E-state index in [1.165, 1.54) is 11.1 Å². The van der Waals surface area contributed by atoms with Crippen molar-refractivity contribution in [3.8, 4) is 0 Å². The number of nitrogens with zero attached hydrogens (tertiary/aromatic N) is 2. The van der Waals surface area contributed by atoms with Crippen LogP contribution in [0.3, 0.4) is 0 Å². The zero-order chi connectivity index (χ0) is 20.7. The normalized spacial score (nSPS) is 23.0. The maximum atomic E-state index is 13.1. The number of rotatable bonds is 3. The van der Waals surface area contributed by atoms with Crippen molar-refractivity contribution in [3.63, 3.8) is 0 Å². The van der Waals surface area contributed by atoms with Gasteiger partial charge in [-0.2, -0.15) is 0 Å². The van der Waals surface area contributed by atoms with Crippen molar-refractivity contribution >= 4 is 29.1 Å². The predicted molar refractivity (Wildman–Crippen MR) is 120 cm³/mol. The number of carbonyl (C=O) groups is 1. The summed E-state index contributed by atoms with van der Waals surface area (Å²) in [6.45, 7) is 1.98. The van der Waals surface area contributed by atoms with Crippen LogP contribution in [0, 0.1) is 12.3 Å². The van der Waals surface area contributed by atoms with E-state index in [9.17, 15) is 4.79 Å². The summed E-state index contributed by atoms with van der Waals surface area (Å²) in [5.41, 5.74) is 4.28. The van der Waals surface area contributed by atoms with E-state index in [2.05, 4.69) is 28.2 Å². The maximum Gasteiger partial charge on any atom is 0.169 e. The van der Waals surface area contributed by atoms with Crippen LogP contribution in [-0.2, 0) is 6.42 Å². The highest BCUT2D eigenvalue weighted by Crippen LogP contribution is 2.50. The minimum atomic E-state index is -0.165. The molecule has 2 aliphatic carbocycles. The van der Waals surface area contributed by atoms with E-state index >= 15 is 0 Å². The van der Waals surface area contributed by atoms with Gasteiger partial charge < -0.3 is 0 Å². The number of halogens is 1. The molecule has 3 nitrogen and oxygen atoms in total. The fraction of sp³-hybridized carbons (Fsp3) is 0.320. The number of hydrogen-bond acceptors (Lipinski definition) is 4. The second-order valence-electron chi connectivity index (χ2n) is 8.47. The lowest BCUT2D eigenvalue weighted by Gasteiger charge is -2.36. The average Bonchev–Trinajstić information content (AvgIpc) is 3.04. The summed E-state index contributed by atoms with van der Waals surface area (Å²) in [6.07, 6.45) is 8.68. The Morgan fingerprint density at radius 1 is 1.07 bits per heavy atom. The van der Waals surface area contributed by atoms with Gasteiger partial charge >= 0.3 is 0 Å². The van der Waals surface area contributed by atoms with E-state index in [1.54, 1.807) is 18.0 Å². The molecule has 30 heavy (non-hydrogen) atoms. The quantitative estimate of drug-likeness (QED) is 0.431. The molecule has 152 valence electrons. The fourth-order valence-electron chi connectivity index (χ4n) is 4.94. The molecule has 2 heterocycles. The van der Waals surface area contributed by atoms with Gasteiger partial charge in [0.05, 0.1) is 0 Å². The van der Waals surface area contributed by atoms with Gasteiger partial charge in [0.2, 0.25) is 0 Å². The lowest BCUT2D eigenvalue weighted by Crippen LogP contribution is -2.32. The van der Waals surface area contributed by atoms with Crippen LogP contribution in [0.5, 0.6) is 0 Å². The van der Waals surface area contributed by atoms with Crippen molar-refractivity contribution in [2.24, 2.45) is 5.41 Å². The van der Waals surface area contributed by atoms with Gasteiger partial charge in [0.15, 0.2) is 5.78 Å². The van der Waals surface area contributed by atoms with Gasteiger partial charge in [-0.3, -0.25) is 4.79 Å². The first-order valence-electron chi connectivity index (χ1n) is 10.4. The van der Waals surface area contributed by atoms with E-state index in [0.717, 1.165) is 53.2 Å². The second-order valence-corrected chi connectivity index (χ2v) is 9.89. The van der Waals surface area contributed by atoms with Crippen LogP contribution in [0.1, 0.15) is 58.6 Å². The van der Waals surface area contributed by atoms with Crippen molar-refractivity contribution in [1.82, 2.24) is 9.97 Å². The Kier molecular flexibility index (Phi) is 5.16. The van der Waals surface area contributed by atoms with Gasteiger partial charge in [-0.1, -0.05) is 53.7 Å². The zero-order valence-corrected chi connectivity index (χ0v) is 18.5. The minimum absolute atomic E-state index is 0.165. The molecule has 1 saturated carbocycles. The average molecular weight is 435 g/mol. The van der Waals surface area contributed by atoms with Gasteiger partial charge in [0.25, 0.3) is 0 Å². The predicted octanol–water partition coefficient (Wildman–Crippen LogP) is 6.67. The van der Waals surface area contributed by atoms with Crippen molar-refractivity contribution in [2.75, 3.05) is 0 Å². The van der Waals surface area contributed by atoms with Crippen LogP contribution < -0.4 is 0 Å². The van der Waals surface area contributed by atoms with Crippen molar-refractivity contribution < 1.29 is 4.79 Å². The SMILES string of the molecule is Cc1c(Sc2ccc(C3CCC4(CC3)Cc3ccccc3C4=O)cn2)ccnc1Cl. The van der Waals surface area contributed by atoms with E-state index in [0.29, 0.717) is 16.9 Å². The van der Waals surface area contributed by atoms with Gasteiger partial charge in [0, 0.05) is 33.8 Å². The van der Waals surface area contributed by atoms with Gasteiger partial charge in [-0.25, -0.2) is 9.97 Å². The Bertz CT molecular complexity index is 1100. The molecule has 0 N–H and O–H groups in total. The number of hydrogen-bond donors (Lipinski definition) is 0. The van der Waals surface area contributed by atoms with E-state index in [4.69, 9.17) is 11.6 Å². The molecule has 1 fully saturated rings. The highest BCUT2D eigenvalue weighted by molar-refractivity contribution is 7.99. The lowest BCUT2D eigenvalue weighted by atomic mass is 9.67. The van der Waals surface area contributed by atoms with Crippen LogP contribution in [0.2, 0.25) is 5.15 Å². The number of carbonyl (C=O) groups excluding carboxylic acids is 1. The van der Waals surface area contributed by atoms with Crippen molar-refractivity contribution in [2.45, 2.75) is 54.9 Å². The molecule has 0 radical (unpaired) electrons. The monoisotopic (exact) mass is 434 g/mol. The van der Waals surface area contributed by atoms with Crippen molar-refractivity contribution in [3.05, 3.63) is 82.3 Å². The number of pyridine rings is 2. The molecule has 0 atom stereocenters. The molecular formula is C25H23ClN2OS. The van der Waals surface area contributed by atoms with Crippen LogP contribution in [-0.4, -0.2) is 15.8 Å². The molecule has 5 rings (SSSR count). The highest BCUT2D eigenvalue weighted by Gasteiger charge is 2.47. The summed E-state index contributed by atoms with van der Waals surface area (Å²) in [5, 5.41) is 1.49. The molecule has 0 amide bonds. The number of benzene rings is 1. The summed E-state index contributed by atoms with van der Waals surface area (Å²) >= 11 is 7.74. The van der Waals surface area contributed by atoms with Gasteiger partial charge in [-0.15, -0.1) is 0 Å². The smallest absolute Gasteiger partial charge is 0.169 e. The first kappa shape index (κ1) is 19.8. The third-order valence-electron chi connectivity index (χ3n) is 6.75. The number of ketones is 1. The lowest BCUT2D eigenvalue weighted by molar-refractivity contribution is 0.0734. The van der Waals surface area contributed by atoms with E-state index < -0.39 is 0 Å². The summed E-state index contributed by atoms with van der Waals surface area (Å²) < 4.78 is 0. The Morgan fingerprint density at radius 2 is 1.87 bits per heavy atom. The van der Waals surface area contributed by atoms with Crippen LogP contribution in [0.25, 0.3) is 0 Å². The maximum absolute atomic E-state index is 13.1. The Morgan fingerprint density at radius 3 is 2.60 bits per heavy atom. The van der Waals surface area contributed by atoms with E-state index in [1.807, 2.05) is 37.4 Å². The molecule has 5 heteroatoms.